The molecular formula is C17H21N3O4. The average molecular weight is 331 g/mol. The maximum Gasteiger partial charge on any atom is 0.246 e. The summed E-state index contributed by atoms with van der Waals surface area (Å²) in [5.41, 5.74) is 0.989. The standard InChI is InChI=1S/C17H21N3O4/c1-4-20(9-15-18-11(2)19-24-15)17(21)13-8-12-6-5-7-14(22-3)16(12)23-10-13/h5-7,13H,4,8-10H2,1-3H3/t13-/m1/s1. The number of amides is 1. The number of hydrogen-bond donors (Lipinski definition) is 0. The molecule has 0 saturated carbocycles. The molecule has 0 unspecified atom stereocenters. The fraction of sp³-hybridized carbons (Fsp3) is 0.471. The normalized spacial score (nSPS) is 16.2. The molecule has 1 atom stereocenters. The Labute approximate surface area is 140 Å². The van der Waals surface area contributed by atoms with Crippen molar-refractivity contribution in [2.45, 2.75) is 26.8 Å². The first-order valence-electron chi connectivity index (χ1n) is 7.99. The lowest BCUT2D eigenvalue weighted by atomic mass is 9.95. The van der Waals surface area contributed by atoms with Crippen molar-refractivity contribution < 1.29 is 18.8 Å². The summed E-state index contributed by atoms with van der Waals surface area (Å²) in [5, 5.41) is 3.76. The van der Waals surface area contributed by atoms with Crippen LogP contribution in [0.3, 0.4) is 0 Å². The highest BCUT2D eigenvalue weighted by Gasteiger charge is 2.31. The lowest BCUT2D eigenvalue weighted by Crippen LogP contribution is -2.40. The molecule has 24 heavy (non-hydrogen) atoms. The number of aromatic nitrogens is 2. The number of benzene rings is 1. The maximum atomic E-state index is 12.8. The van der Waals surface area contributed by atoms with Gasteiger partial charge in [-0.1, -0.05) is 17.3 Å². The van der Waals surface area contributed by atoms with E-state index < -0.39 is 0 Å². The van der Waals surface area contributed by atoms with E-state index in [4.69, 9.17) is 14.0 Å². The number of carbonyl (C=O) groups is 1. The van der Waals surface area contributed by atoms with Gasteiger partial charge in [0, 0.05) is 6.54 Å². The van der Waals surface area contributed by atoms with Crippen LogP contribution in [0.2, 0.25) is 0 Å². The highest BCUT2D eigenvalue weighted by Crippen LogP contribution is 2.36. The van der Waals surface area contributed by atoms with Gasteiger partial charge in [-0.05, 0) is 31.9 Å². The predicted molar refractivity (Wildman–Crippen MR) is 85.8 cm³/mol. The first kappa shape index (κ1) is 16.3. The minimum Gasteiger partial charge on any atom is -0.493 e. The molecule has 1 aromatic heterocycles. The Bertz CT molecular complexity index is 728. The van der Waals surface area contributed by atoms with Gasteiger partial charge in [0.05, 0.1) is 19.6 Å². The second-order valence-corrected chi connectivity index (χ2v) is 5.75. The Hall–Kier alpha value is -2.57. The van der Waals surface area contributed by atoms with Gasteiger partial charge in [0.15, 0.2) is 17.3 Å². The smallest absolute Gasteiger partial charge is 0.246 e. The van der Waals surface area contributed by atoms with Crippen molar-refractivity contribution in [3.8, 4) is 11.5 Å². The summed E-state index contributed by atoms with van der Waals surface area (Å²) in [4.78, 5) is 18.7. The van der Waals surface area contributed by atoms with Crippen molar-refractivity contribution in [2.75, 3.05) is 20.3 Å². The first-order chi connectivity index (χ1) is 11.6. The van der Waals surface area contributed by atoms with Gasteiger partial charge < -0.3 is 18.9 Å². The summed E-state index contributed by atoms with van der Waals surface area (Å²) in [6, 6.07) is 5.73. The molecule has 1 aliphatic rings. The lowest BCUT2D eigenvalue weighted by Gasteiger charge is -2.29. The number of hydrogen-bond acceptors (Lipinski definition) is 6. The van der Waals surface area contributed by atoms with Crippen molar-refractivity contribution in [1.29, 1.82) is 0 Å². The Morgan fingerprint density at radius 2 is 2.29 bits per heavy atom. The van der Waals surface area contributed by atoms with E-state index in [1.54, 1.807) is 18.9 Å². The fourth-order valence-electron chi connectivity index (χ4n) is 2.88. The van der Waals surface area contributed by atoms with Crippen LogP contribution >= 0.6 is 0 Å². The zero-order valence-electron chi connectivity index (χ0n) is 14.1. The van der Waals surface area contributed by atoms with Gasteiger partial charge in [-0.2, -0.15) is 4.98 Å². The molecule has 0 fully saturated rings. The lowest BCUT2D eigenvalue weighted by molar-refractivity contribution is -0.137. The van der Waals surface area contributed by atoms with Crippen LogP contribution in [0.25, 0.3) is 0 Å². The molecule has 0 aliphatic carbocycles. The molecule has 0 spiro atoms. The van der Waals surface area contributed by atoms with Crippen LogP contribution in [0, 0.1) is 12.8 Å². The van der Waals surface area contributed by atoms with Crippen LogP contribution in [-0.2, 0) is 17.8 Å². The van der Waals surface area contributed by atoms with E-state index in [1.807, 2.05) is 25.1 Å². The van der Waals surface area contributed by atoms with E-state index in [9.17, 15) is 4.79 Å². The van der Waals surface area contributed by atoms with Crippen molar-refractivity contribution in [1.82, 2.24) is 15.0 Å². The minimum atomic E-state index is -0.228. The van der Waals surface area contributed by atoms with Gasteiger partial charge in [-0.25, -0.2) is 0 Å². The van der Waals surface area contributed by atoms with Crippen LogP contribution in [0.15, 0.2) is 22.7 Å². The van der Waals surface area contributed by atoms with Crippen molar-refractivity contribution >= 4 is 5.91 Å². The van der Waals surface area contributed by atoms with Gasteiger partial charge in [0.1, 0.15) is 6.61 Å². The van der Waals surface area contributed by atoms with Crippen molar-refractivity contribution in [2.24, 2.45) is 5.92 Å². The van der Waals surface area contributed by atoms with Crippen LogP contribution in [-0.4, -0.2) is 41.2 Å². The van der Waals surface area contributed by atoms with Crippen LogP contribution in [0.4, 0.5) is 0 Å². The third-order valence-electron chi connectivity index (χ3n) is 4.11. The van der Waals surface area contributed by atoms with Crippen molar-refractivity contribution in [3.63, 3.8) is 0 Å². The minimum absolute atomic E-state index is 0.0295. The topological polar surface area (TPSA) is 77.7 Å². The second kappa shape index (κ2) is 6.90. The summed E-state index contributed by atoms with van der Waals surface area (Å²) in [7, 11) is 1.61. The fourth-order valence-corrected chi connectivity index (χ4v) is 2.88. The van der Waals surface area contributed by atoms with Crippen LogP contribution in [0.1, 0.15) is 24.2 Å². The molecule has 1 aliphatic heterocycles. The third-order valence-corrected chi connectivity index (χ3v) is 4.11. The number of nitrogens with zero attached hydrogens (tertiary/aromatic N) is 3. The van der Waals surface area contributed by atoms with Crippen LogP contribution < -0.4 is 9.47 Å². The summed E-state index contributed by atoms with van der Waals surface area (Å²) < 4.78 is 16.2. The Morgan fingerprint density at radius 3 is 2.96 bits per heavy atom. The predicted octanol–water partition coefficient (Wildman–Crippen LogP) is 1.99. The van der Waals surface area contributed by atoms with E-state index in [0.29, 0.717) is 43.6 Å². The molecule has 0 N–H and O–H groups in total. The Morgan fingerprint density at radius 1 is 1.46 bits per heavy atom. The van der Waals surface area contributed by atoms with E-state index in [2.05, 4.69) is 10.1 Å². The molecular weight excluding hydrogens is 310 g/mol. The average Bonchev–Trinajstić information content (AvgIpc) is 3.03. The first-order valence-corrected chi connectivity index (χ1v) is 7.99. The highest BCUT2D eigenvalue weighted by molar-refractivity contribution is 5.79. The van der Waals surface area contributed by atoms with Gasteiger partial charge in [-0.15, -0.1) is 0 Å². The van der Waals surface area contributed by atoms with E-state index in [1.165, 1.54) is 0 Å². The number of ether oxygens (including phenoxy) is 2. The second-order valence-electron chi connectivity index (χ2n) is 5.75. The van der Waals surface area contributed by atoms with Crippen LogP contribution in [0.5, 0.6) is 11.5 Å². The molecule has 7 heteroatoms. The Balaban J connectivity index is 1.72. The summed E-state index contributed by atoms with van der Waals surface area (Å²) >= 11 is 0. The molecule has 1 aromatic carbocycles. The monoisotopic (exact) mass is 331 g/mol. The number of carbonyl (C=O) groups excluding carboxylic acids is 1. The van der Waals surface area contributed by atoms with Gasteiger partial charge >= 0.3 is 0 Å². The zero-order chi connectivity index (χ0) is 17.1. The van der Waals surface area contributed by atoms with Gasteiger partial charge in [0.2, 0.25) is 11.8 Å². The van der Waals surface area contributed by atoms with Crippen molar-refractivity contribution in [3.05, 3.63) is 35.5 Å². The largest absolute Gasteiger partial charge is 0.493 e. The SMILES string of the molecule is CCN(Cc1nc(C)no1)C(=O)[C@H]1COc2c(cccc2OC)C1. The number of rotatable bonds is 5. The van der Waals surface area contributed by atoms with Gasteiger partial charge in [0.25, 0.3) is 0 Å². The molecule has 2 heterocycles. The summed E-state index contributed by atoms with van der Waals surface area (Å²) in [6.45, 7) is 4.91. The third kappa shape index (κ3) is 3.20. The highest BCUT2D eigenvalue weighted by atomic mass is 16.5. The number of fused-ring (bicyclic) bond motifs is 1. The van der Waals surface area contributed by atoms with E-state index in [-0.39, 0.29) is 11.8 Å². The molecule has 1 amide bonds. The molecule has 7 nitrogen and oxygen atoms in total. The molecule has 0 bridgehead atoms. The molecule has 128 valence electrons. The Kier molecular flexibility index (Phi) is 4.69. The number of methoxy groups -OCH3 is 1. The van der Waals surface area contributed by atoms with E-state index in [0.717, 1.165) is 11.3 Å². The van der Waals surface area contributed by atoms with E-state index >= 15 is 0 Å². The number of aryl methyl sites for hydroxylation is 1. The molecule has 0 radical (unpaired) electrons. The number of para-hydroxylation sites is 1. The molecule has 3 rings (SSSR count). The van der Waals surface area contributed by atoms with Gasteiger partial charge in [-0.3, -0.25) is 4.79 Å². The summed E-state index contributed by atoms with van der Waals surface area (Å²) in [5.74, 6) is 2.25. The molecule has 2 aromatic rings. The molecule has 0 saturated heterocycles. The zero-order valence-corrected chi connectivity index (χ0v) is 14.1. The summed E-state index contributed by atoms with van der Waals surface area (Å²) in [6.07, 6.45) is 0.630. The quantitative estimate of drug-likeness (QED) is 0.834. The maximum absolute atomic E-state index is 12.8.